The van der Waals surface area contributed by atoms with Gasteiger partial charge in [-0.15, -0.1) is 24.0 Å². The first-order valence-corrected chi connectivity index (χ1v) is 41.9. The summed E-state index contributed by atoms with van der Waals surface area (Å²) < 4.78 is 120. The number of halogens is 7. The molecule has 0 aliphatic carbocycles. The Kier molecular flexibility index (Phi) is 48.2. The van der Waals surface area contributed by atoms with E-state index >= 15 is 0 Å². The van der Waals surface area contributed by atoms with Crippen LogP contribution in [0.3, 0.4) is 0 Å². The van der Waals surface area contributed by atoms with Crippen molar-refractivity contribution in [3.8, 4) is 0 Å². The van der Waals surface area contributed by atoms with E-state index in [1.54, 1.807) is 72.8 Å². The van der Waals surface area contributed by atoms with Crippen molar-refractivity contribution >= 4 is 199 Å². The Balaban J connectivity index is -0.000000239. The number of hydrogen-bond acceptors (Lipinski definition) is 19. The summed E-state index contributed by atoms with van der Waals surface area (Å²) in [4.78, 5) is 0. The van der Waals surface area contributed by atoms with E-state index in [9.17, 15) is 29.8 Å². The van der Waals surface area contributed by atoms with Crippen LogP contribution in [-0.4, -0.2) is 55.0 Å². The molecule has 0 fully saturated rings. The van der Waals surface area contributed by atoms with Crippen molar-refractivity contribution in [3.05, 3.63) is 120 Å². The minimum Gasteiger partial charge on any atom is -0.917 e. The minimum absolute atomic E-state index is 0. The first-order chi connectivity index (χ1) is 29.2. The second-order valence-electron chi connectivity index (χ2n) is 11.2. The molecule has 4 heterocycles. The van der Waals surface area contributed by atoms with Crippen molar-refractivity contribution in [1.29, 1.82) is 0 Å². The van der Waals surface area contributed by atoms with E-state index in [1.807, 2.05) is 24.3 Å². The molecule has 0 unspecified atom stereocenters. The number of fused-ring (bicyclic) bond motifs is 4. The summed E-state index contributed by atoms with van der Waals surface area (Å²) in [5.74, 6) is -1.24. The van der Waals surface area contributed by atoms with Crippen LogP contribution in [0.4, 0.5) is 0 Å². The molecule has 4 N–H and O–H groups in total. The van der Waals surface area contributed by atoms with Crippen molar-refractivity contribution in [1.82, 2.24) is 20.6 Å². The zero-order chi connectivity index (χ0) is 46.5. The molecule has 4 aromatic heterocycles. The summed E-state index contributed by atoms with van der Waals surface area (Å²) in [7, 11) is -14.5. The first kappa shape index (κ1) is 79.1. The summed E-state index contributed by atoms with van der Waals surface area (Å²) in [5, 5.41) is 28.3. The maximum absolute atomic E-state index is 10.8. The molecule has 0 saturated heterocycles. The van der Waals surface area contributed by atoms with Crippen molar-refractivity contribution in [2.24, 2.45) is 10.3 Å². The second kappa shape index (κ2) is 41.4. The third kappa shape index (κ3) is 31.3. The Labute approximate surface area is 540 Å². The van der Waals surface area contributed by atoms with Crippen LogP contribution in [-0.2, 0) is 72.2 Å². The molecule has 8 aromatic rings. The van der Waals surface area contributed by atoms with E-state index < -0.39 is 46.9 Å². The average molecular weight is 1790 g/mol. The first-order valence-electron chi connectivity index (χ1n) is 15.9. The van der Waals surface area contributed by atoms with Gasteiger partial charge >= 0.3 is 139 Å². The minimum atomic E-state index is -4.31. The van der Waals surface area contributed by atoms with E-state index in [2.05, 4.69) is 111 Å². The monoisotopic (exact) mass is 1790 g/mol. The van der Waals surface area contributed by atoms with Crippen molar-refractivity contribution in [2.75, 3.05) is 0 Å². The van der Waals surface area contributed by atoms with E-state index in [0.717, 1.165) is 22.0 Å². The van der Waals surface area contributed by atoms with Gasteiger partial charge < -0.3 is 35.6 Å². The predicted molar refractivity (Wildman–Crippen MR) is 290 cm³/mol. The number of benzene rings is 4. The molecule has 0 radical (unpaired) electrons. The summed E-state index contributed by atoms with van der Waals surface area (Å²) in [6, 6.07) is 28.7. The molecular formula is C34H37BrI6N6Na3O14S4-. The third-order valence-corrected chi connectivity index (χ3v) is 9.43. The molecule has 20 nitrogen and oxygen atoms in total. The SMILES string of the molecule is BrCc1noc2ccccc12.C.C.I.II.I[I-]I.NS(=O)(=O)Cc1noc2ccccc12.NS(=O)(=O)Cc1noc2ccccc12.O=S(=O)([O-])Cc1noc2ccccc12.O=[S-](=O)[O-].[Na+].[Na+].[Na+]. The summed E-state index contributed by atoms with van der Waals surface area (Å²) in [6.45, 7) is 0. The van der Waals surface area contributed by atoms with Crippen LogP contribution in [0.1, 0.15) is 37.6 Å². The molecule has 0 spiro atoms. The Bertz CT molecular complexity index is 2810. The van der Waals surface area contributed by atoms with Crippen LogP contribution in [0.2, 0.25) is 0 Å². The van der Waals surface area contributed by atoms with Crippen molar-refractivity contribution in [2.45, 2.75) is 37.4 Å². The molecule has 8 rings (SSSR count). The number of primary sulfonamides is 2. The number of rotatable bonds is 7. The summed E-state index contributed by atoms with van der Waals surface area (Å²) >= 11 is 12.9. The zero-order valence-electron chi connectivity index (χ0n) is 34.0. The van der Waals surface area contributed by atoms with Gasteiger partial charge in [0.1, 0.15) is 44.4 Å². The number of nitrogens with zero attached hydrogens (tertiary/aromatic N) is 4. The van der Waals surface area contributed by atoms with Gasteiger partial charge in [0.05, 0.1) is 5.75 Å². The van der Waals surface area contributed by atoms with E-state index in [4.69, 9.17) is 41.3 Å². The van der Waals surface area contributed by atoms with Gasteiger partial charge in [0, 0.05) is 64.1 Å². The molecule has 0 aliphatic rings. The van der Waals surface area contributed by atoms with Crippen molar-refractivity contribution < 1.29 is 163 Å². The fourth-order valence-corrected chi connectivity index (χ4v) is 6.84. The molecule has 4 aromatic carbocycles. The van der Waals surface area contributed by atoms with Crippen LogP contribution in [0.25, 0.3) is 43.9 Å². The molecular weight excluding hydrogens is 1750 g/mol. The predicted octanol–water partition coefficient (Wildman–Crippen LogP) is -2.30. The Morgan fingerprint density at radius 2 is 0.750 bits per heavy atom. The van der Waals surface area contributed by atoms with Crippen molar-refractivity contribution in [3.63, 3.8) is 0 Å². The number of nitrogens with two attached hydrogens (primary N) is 2. The number of para-hydroxylation sites is 4. The smallest absolute Gasteiger partial charge is 0.917 e. The molecule has 0 saturated carbocycles. The van der Waals surface area contributed by atoms with Gasteiger partial charge in [0.25, 0.3) is 0 Å². The van der Waals surface area contributed by atoms with Crippen LogP contribution in [0.5, 0.6) is 0 Å². The molecule has 0 bridgehead atoms. The van der Waals surface area contributed by atoms with Gasteiger partial charge in [-0.2, -0.15) is 11.0 Å². The maximum atomic E-state index is 10.8. The maximum Gasteiger partial charge on any atom is 1.00 e. The van der Waals surface area contributed by atoms with E-state index in [-0.39, 0.29) is 145 Å². The van der Waals surface area contributed by atoms with Gasteiger partial charge in [-0.3, -0.25) is 0 Å². The van der Waals surface area contributed by atoms with Gasteiger partial charge in [-0.25, -0.2) is 35.5 Å². The summed E-state index contributed by atoms with van der Waals surface area (Å²) in [5.41, 5.74) is 4.27. The Morgan fingerprint density at radius 1 is 0.544 bits per heavy atom. The molecule has 0 atom stereocenters. The van der Waals surface area contributed by atoms with Crippen LogP contribution >= 0.6 is 114 Å². The molecule has 0 aliphatic heterocycles. The largest absolute Gasteiger partial charge is 1.00 e. The van der Waals surface area contributed by atoms with Gasteiger partial charge in [0.15, 0.2) is 22.3 Å². The normalized spacial score (nSPS) is 10.1. The van der Waals surface area contributed by atoms with E-state index in [1.165, 1.54) is 0 Å². The zero-order valence-corrected chi connectivity index (χ0v) is 58.0. The quantitative estimate of drug-likeness (QED) is 0.0423. The van der Waals surface area contributed by atoms with Gasteiger partial charge in [0.2, 0.25) is 20.0 Å². The van der Waals surface area contributed by atoms with Gasteiger partial charge in [-0.05, 0) is 48.5 Å². The number of hydrogen-bond donors (Lipinski definition) is 2. The topological polar surface area (TPSA) is 339 Å². The standard InChI is InChI=1S/C8H6BrNO.2C8H8N2O3S.C8H7NO4S.2CH4.I3.I2.HI.3Na.O3S/c9-5-7-6-3-1-2-4-8(6)11-10-7;2*9-14(11,12)5-7-6-3-1-2-4-8(6)13-10-7;10-14(11,12)5-7-6-3-1-2-4-8(6)13-9-7;;;1-3-2;1-2;;;;;1-4(2)3/h1-4H,5H2;2*1-4H,5H2,(H2,9,11,12);1-4H,5H2,(H,10,11,12);2*1H4;;;1H;;;;/q;;;;;;-1;;;3*+1;-2/p-1. The fraction of sp³-hybridized carbons (Fsp3) is 0.176. The average Bonchev–Trinajstić information content (AvgIpc) is 4.01. The van der Waals surface area contributed by atoms with Gasteiger partial charge in [-0.1, -0.05) is 99.9 Å². The Hall–Kier alpha value is 2.26. The molecule has 0 amide bonds. The molecule has 68 heavy (non-hydrogen) atoms. The Morgan fingerprint density at radius 3 is 0.971 bits per heavy atom. The number of alkyl halides is 1. The number of aromatic nitrogens is 4. The van der Waals surface area contributed by atoms with Crippen LogP contribution in [0.15, 0.2) is 115 Å². The molecule has 34 heteroatoms. The second-order valence-corrected chi connectivity index (χ2v) is 33.1. The fourth-order valence-electron chi connectivity index (χ4n) is 4.71. The van der Waals surface area contributed by atoms with Crippen LogP contribution in [0, 0.1) is 0 Å². The number of sulfonamides is 2. The molecule has 364 valence electrons. The van der Waals surface area contributed by atoms with Crippen LogP contribution < -0.4 is 112 Å². The summed E-state index contributed by atoms with van der Waals surface area (Å²) in [6.07, 6.45) is 0. The third-order valence-electron chi connectivity index (χ3n) is 6.92. The van der Waals surface area contributed by atoms with E-state index in [0.29, 0.717) is 57.6 Å².